The van der Waals surface area contributed by atoms with Crippen LogP contribution >= 0.6 is 0 Å². The van der Waals surface area contributed by atoms with Gasteiger partial charge >= 0.3 is 12.6 Å². The van der Waals surface area contributed by atoms with Crippen molar-refractivity contribution in [1.82, 2.24) is 19.1 Å². The van der Waals surface area contributed by atoms with Crippen molar-refractivity contribution in [2.45, 2.75) is 96.5 Å². The Labute approximate surface area is 345 Å². The number of esters is 1. The quantitative estimate of drug-likeness (QED) is 0.0790. The summed E-state index contributed by atoms with van der Waals surface area (Å²) in [5.74, 6) is 0.843. The molecule has 0 fully saturated rings. The van der Waals surface area contributed by atoms with Crippen molar-refractivity contribution in [3.8, 4) is 34.3 Å². The van der Waals surface area contributed by atoms with Crippen LogP contribution in [0.4, 0.5) is 8.78 Å². The number of alkyl halides is 2. The predicted octanol–water partition coefficient (Wildman–Crippen LogP) is 8.78. The molecular weight excluding hydrogens is 783 g/mol. The molecule has 0 spiro atoms. The summed E-state index contributed by atoms with van der Waals surface area (Å²) in [4.78, 5) is 17.5. The van der Waals surface area contributed by atoms with Crippen molar-refractivity contribution in [2.75, 3.05) is 20.8 Å². The number of carbonyl (C=O) groups excluding carboxylic acids is 1. The molecule has 0 saturated heterocycles. The first-order chi connectivity index (χ1) is 27.8. The topological polar surface area (TPSA) is 131 Å². The van der Waals surface area contributed by atoms with E-state index in [-0.39, 0.29) is 48.6 Å². The maximum atomic E-state index is 14.3. The van der Waals surface area contributed by atoms with Crippen LogP contribution in [0.2, 0.25) is 0 Å². The molecule has 0 atom stereocenters. The van der Waals surface area contributed by atoms with Crippen LogP contribution < -0.4 is 18.9 Å². The highest BCUT2D eigenvalue weighted by molar-refractivity contribution is 7.89. The van der Waals surface area contributed by atoms with E-state index in [1.807, 2.05) is 52.0 Å². The molecule has 0 N–H and O–H groups in total. The van der Waals surface area contributed by atoms with Crippen molar-refractivity contribution in [3.63, 3.8) is 0 Å². The van der Waals surface area contributed by atoms with Gasteiger partial charge in [-0.1, -0.05) is 38.1 Å². The van der Waals surface area contributed by atoms with E-state index in [9.17, 15) is 22.0 Å². The molecule has 0 amide bonds. The SMILES string of the molecule is COc1ccc(CN(Cc2ccc(OC)cc2)S(=O)(=O)c2cnn(C(C)(C)COc3cc(-c4cc(OC(F)F)cc(C(C)C)c4CC(=O)OC(C)(C)C)ccn3)c2)cc1. The molecule has 0 aliphatic heterocycles. The molecule has 0 aliphatic carbocycles. The highest BCUT2D eigenvalue weighted by Crippen LogP contribution is 2.37. The second-order valence-electron chi connectivity index (χ2n) is 15.9. The normalized spacial score (nSPS) is 12.2. The summed E-state index contributed by atoms with van der Waals surface area (Å²) in [6.45, 7) is 9.94. The highest BCUT2D eigenvalue weighted by Gasteiger charge is 2.31. The zero-order valence-corrected chi connectivity index (χ0v) is 35.7. The number of methoxy groups -OCH3 is 2. The predicted molar refractivity (Wildman–Crippen MR) is 219 cm³/mol. The van der Waals surface area contributed by atoms with Gasteiger partial charge in [0.2, 0.25) is 15.9 Å². The van der Waals surface area contributed by atoms with E-state index >= 15 is 0 Å². The first-order valence-corrected chi connectivity index (χ1v) is 20.5. The first kappa shape index (κ1) is 44.6. The van der Waals surface area contributed by atoms with Crippen molar-refractivity contribution in [3.05, 3.63) is 114 Å². The standard InChI is InChI=1S/C44H52F2N4O8S/c1-29(2)37-21-35(57-42(45)46)22-38(39(37)23-41(51)58-43(3,4)5)32-18-19-47-40(20-32)56-28-44(6,7)50-27-36(24-48-50)59(52,53)49(25-30-10-14-33(54-8)15-11-30)26-31-12-16-34(55-9)17-13-31/h10-22,24,27,29,42H,23,25-26,28H2,1-9H3. The summed E-state index contributed by atoms with van der Waals surface area (Å²) in [5, 5.41) is 4.46. The Balaban J connectivity index is 1.41. The zero-order chi connectivity index (χ0) is 43.1. The van der Waals surface area contributed by atoms with E-state index in [0.717, 1.165) is 11.1 Å². The molecule has 0 unspecified atom stereocenters. The lowest BCUT2D eigenvalue weighted by Gasteiger charge is -2.26. The lowest BCUT2D eigenvalue weighted by molar-refractivity contribution is -0.153. The van der Waals surface area contributed by atoms with Crippen LogP contribution in [0.15, 0.2) is 96.3 Å². The van der Waals surface area contributed by atoms with Gasteiger partial charge in [0.15, 0.2) is 0 Å². The summed E-state index contributed by atoms with van der Waals surface area (Å²) in [6, 6.07) is 20.7. The Hall–Kier alpha value is -5.54. The lowest BCUT2D eigenvalue weighted by Crippen LogP contribution is -2.34. The third kappa shape index (κ3) is 11.8. The molecule has 0 saturated carbocycles. The number of carbonyl (C=O) groups is 1. The van der Waals surface area contributed by atoms with E-state index in [1.165, 1.54) is 39.7 Å². The molecule has 316 valence electrons. The fourth-order valence-electron chi connectivity index (χ4n) is 6.32. The molecule has 59 heavy (non-hydrogen) atoms. The highest BCUT2D eigenvalue weighted by atomic mass is 32.2. The molecule has 2 aromatic heterocycles. The van der Waals surface area contributed by atoms with Crippen LogP contribution in [0.25, 0.3) is 11.1 Å². The van der Waals surface area contributed by atoms with Crippen molar-refractivity contribution >= 4 is 16.0 Å². The third-order valence-electron chi connectivity index (χ3n) is 9.32. The molecule has 12 nitrogen and oxygen atoms in total. The molecular formula is C44H52F2N4O8S. The molecule has 5 aromatic rings. The smallest absolute Gasteiger partial charge is 0.387 e. The van der Waals surface area contributed by atoms with Crippen LogP contribution in [-0.2, 0) is 44.6 Å². The second kappa shape index (κ2) is 18.6. The molecule has 5 rings (SSSR count). The summed E-state index contributed by atoms with van der Waals surface area (Å²) in [6.07, 6.45) is 4.20. The summed E-state index contributed by atoms with van der Waals surface area (Å²) >= 11 is 0. The van der Waals surface area contributed by atoms with Crippen LogP contribution in [-0.4, -0.2) is 66.5 Å². The fraction of sp³-hybridized carbons (Fsp3) is 0.386. The summed E-state index contributed by atoms with van der Waals surface area (Å²) in [7, 11) is -0.937. The number of hydrogen-bond acceptors (Lipinski definition) is 10. The van der Waals surface area contributed by atoms with Gasteiger partial charge in [0.05, 0.1) is 32.4 Å². The van der Waals surface area contributed by atoms with E-state index in [1.54, 1.807) is 71.4 Å². The van der Waals surface area contributed by atoms with Crippen molar-refractivity contribution < 1.29 is 45.7 Å². The number of halogens is 2. The van der Waals surface area contributed by atoms with Crippen molar-refractivity contribution in [1.29, 1.82) is 0 Å². The van der Waals surface area contributed by atoms with E-state index in [4.69, 9.17) is 23.7 Å². The molecule has 0 aliphatic rings. The fourth-order valence-corrected chi connectivity index (χ4v) is 7.67. The van der Waals surface area contributed by atoms with Gasteiger partial charge in [0.1, 0.15) is 34.4 Å². The van der Waals surface area contributed by atoms with Crippen LogP contribution in [0, 0.1) is 0 Å². The van der Waals surface area contributed by atoms with Gasteiger partial charge in [-0.3, -0.25) is 9.48 Å². The Morgan fingerprint density at radius 1 is 0.847 bits per heavy atom. The minimum absolute atomic E-state index is 0.00269. The number of nitrogens with zero attached hydrogens (tertiary/aromatic N) is 4. The largest absolute Gasteiger partial charge is 0.497 e. The van der Waals surface area contributed by atoms with Gasteiger partial charge in [-0.05, 0) is 116 Å². The summed E-state index contributed by atoms with van der Waals surface area (Å²) < 4.78 is 85.6. The first-order valence-electron chi connectivity index (χ1n) is 19.0. The zero-order valence-electron chi connectivity index (χ0n) is 34.9. The van der Waals surface area contributed by atoms with Crippen molar-refractivity contribution in [2.24, 2.45) is 0 Å². The van der Waals surface area contributed by atoms with Crippen LogP contribution in [0.5, 0.6) is 23.1 Å². The number of hydrogen-bond donors (Lipinski definition) is 0. The maximum Gasteiger partial charge on any atom is 0.387 e. The lowest BCUT2D eigenvalue weighted by atomic mass is 9.88. The van der Waals surface area contributed by atoms with Gasteiger partial charge < -0.3 is 23.7 Å². The molecule has 15 heteroatoms. The number of sulfonamides is 1. The van der Waals surface area contributed by atoms with E-state index < -0.39 is 33.7 Å². The summed E-state index contributed by atoms with van der Waals surface area (Å²) in [5.41, 5.74) is 2.22. The second-order valence-corrected chi connectivity index (χ2v) is 17.8. The third-order valence-corrected chi connectivity index (χ3v) is 11.1. The Morgan fingerprint density at radius 3 is 1.97 bits per heavy atom. The number of rotatable bonds is 18. The molecule has 3 aromatic carbocycles. The van der Waals surface area contributed by atoms with Gasteiger partial charge in [0, 0.05) is 31.5 Å². The number of ether oxygens (including phenoxy) is 5. The molecule has 2 heterocycles. The Morgan fingerprint density at radius 2 is 1.44 bits per heavy atom. The van der Waals surface area contributed by atoms with Gasteiger partial charge in [-0.2, -0.15) is 18.2 Å². The van der Waals surface area contributed by atoms with Gasteiger partial charge in [0.25, 0.3) is 0 Å². The monoisotopic (exact) mass is 834 g/mol. The van der Waals surface area contributed by atoms with Crippen LogP contribution in [0.3, 0.4) is 0 Å². The average molecular weight is 835 g/mol. The van der Waals surface area contributed by atoms with E-state index in [0.29, 0.717) is 33.8 Å². The van der Waals surface area contributed by atoms with Crippen LogP contribution in [0.1, 0.15) is 76.6 Å². The van der Waals surface area contributed by atoms with Gasteiger partial charge in [-0.15, -0.1) is 0 Å². The molecule has 0 bridgehead atoms. The Kier molecular flexibility index (Phi) is 14.0. The molecule has 0 radical (unpaired) electrons. The Bertz CT molecular complexity index is 2260. The number of benzene rings is 3. The minimum atomic E-state index is -4.07. The minimum Gasteiger partial charge on any atom is -0.497 e. The van der Waals surface area contributed by atoms with E-state index in [2.05, 4.69) is 10.1 Å². The maximum absolute atomic E-state index is 14.3. The number of aromatic nitrogens is 3. The average Bonchev–Trinajstić information content (AvgIpc) is 3.70. The number of pyridine rings is 1. The van der Waals surface area contributed by atoms with Gasteiger partial charge in [-0.25, -0.2) is 13.4 Å².